The van der Waals surface area contributed by atoms with E-state index in [1.165, 1.54) is 5.56 Å². The van der Waals surface area contributed by atoms with E-state index in [0.29, 0.717) is 5.92 Å². The number of hydrogen-bond acceptors (Lipinski definition) is 3. The van der Waals surface area contributed by atoms with E-state index in [1.807, 2.05) is 0 Å². The summed E-state index contributed by atoms with van der Waals surface area (Å²) in [6.45, 7) is 15.7. The van der Waals surface area contributed by atoms with E-state index in [-0.39, 0.29) is 5.41 Å². The Morgan fingerprint density at radius 2 is 1.95 bits per heavy atom. The molecule has 1 rings (SSSR count). The van der Waals surface area contributed by atoms with Crippen molar-refractivity contribution in [2.45, 2.75) is 59.9 Å². The average Bonchev–Trinajstić information content (AvgIpc) is 2.34. The summed E-state index contributed by atoms with van der Waals surface area (Å²) < 4.78 is 5.83. The maximum absolute atomic E-state index is 5.83. The van der Waals surface area contributed by atoms with Crippen LogP contribution in [0.1, 0.15) is 59.2 Å². The van der Waals surface area contributed by atoms with Crippen molar-refractivity contribution in [3.8, 4) is 5.88 Å². The molecule has 3 nitrogen and oxygen atoms in total. The SMILES string of the molecule is CCNCc1cc(OCCC(C)C)nc(C(C)(C)C)c1. The van der Waals surface area contributed by atoms with Gasteiger partial charge in [0.15, 0.2) is 0 Å². The van der Waals surface area contributed by atoms with Crippen LogP contribution in [0.3, 0.4) is 0 Å². The van der Waals surface area contributed by atoms with Gasteiger partial charge >= 0.3 is 0 Å². The number of pyridine rings is 1. The molecule has 0 spiro atoms. The van der Waals surface area contributed by atoms with Crippen molar-refractivity contribution >= 4 is 0 Å². The first-order valence-corrected chi connectivity index (χ1v) is 7.68. The number of rotatable bonds is 7. The molecule has 1 heterocycles. The molecule has 20 heavy (non-hydrogen) atoms. The van der Waals surface area contributed by atoms with Crippen molar-refractivity contribution in [1.29, 1.82) is 0 Å². The molecular weight excluding hydrogens is 248 g/mol. The molecule has 0 fully saturated rings. The van der Waals surface area contributed by atoms with Crippen LogP contribution in [0.2, 0.25) is 0 Å². The maximum atomic E-state index is 5.83. The minimum absolute atomic E-state index is 0.0401. The average molecular weight is 278 g/mol. The molecule has 0 bridgehead atoms. The van der Waals surface area contributed by atoms with Gasteiger partial charge in [-0.25, -0.2) is 4.98 Å². The molecule has 0 atom stereocenters. The smallest absolute Gasteiger partial charge is 0.213 e. The van der Waals surface area contributed by atoms with E-state index in [9.17, 15) is 0 Å². The highest BCUT2D eigenvalue weighted by atomic mass is 16.5. The molecule has 3 heteroatoms. The van der Waals surface area contributed by atoms with E-state index >= 15 is 0 Å². The van der Waals surface area contributed by atoms with Crippen LogP contribution >= 0.6 is 0 Å². The topological polar surface area (TPSA) is 34.1 Å². The zero-order chi connectivity index (χ0) is 15.2. The van der Waals surface area contributed by atoms with Gasteiger partial charge in [0.1, 0.15) is 0 Å². The van der Waals surface area contributed by atoms with Crippen LogP contribution in [-0.2, 0) is 12.0 Å². The maximum Gasteiger partial charge on any atom is 0.213 e. The summed E-state index contributed by atoms with van der Waals surface area (Å²) in [5.74, 6) is 1.41. The number of hydrogen-bond donors (Lipinski definition) is 1. The number of nitrogens with one attached hydrogen (secondary N) is 1. The highest BCUT2D eigenvalue weighted by Crippen LogP contribution is 2.24. The van der Waals surface area contributed by atoms with Crippen LogP contribution in [0, 0.1) is 5.92 Å². The molecule has 0 aliphatic rings. The quantitative estimate of drug-likeness (QED) is 0.821. The van der Waals surface area contributed by atoms with Crippen LogP contribution in [0.4, 0.5) is 0 Å². The lowest BCUT2D eigenvalue weighted by molar-refractivity contribution is 0.277. The third-order valence-electron chi connectivity index (χ3n) is 3.15. The Morgan fingerprint density at radius 1 is 1.25 bits per heavy atom. The summed E-state index contributed by atoms with van der Waals surface area (Å²) in [5.41, 5.74) is 2.37. The van der Waals surface area contributed by atoms with Crippen molar-refractivity contribution in [3.05, 3.63) is 23.4 Å². The molecule has 1 aromatic rings. The molecule has 0 saturated carbocycles. The lowest BCUT2D eigenvalue weighted by Gasteiger charge is -2.20. The Hall–Kier alpha value is -1.09. The van der Waals surface area contributed by atoms with Crippen molar-refractivity contribution in [2.75, 3.05) is 13.2 Å². The molecule has 0 amide bonds. The molecule has 0 radical (unpaired) electrons. The molecule has 1 N–H and O–H groups in total. The summed E-state index contributed by atoms with van der Waals surface area (Å²) in [5, 5.41) is 3.36. The van der Waals surface area contributed by atoms with Gasteiger partial charge in [-0.05, 0) is 30.5 Å². The van der Waals surface area contributed by atoms with Crippen molar-refractivity contribution in [2.24, 2.45) is 5.92 Å². The fraction of sp³-hybridized carbons (Fsp3) is 0.706. The molecule has 114 valence electrons. The van der Waals surface area contributed by atoms with Gasteiger partial charge in [-0.2, -0.15) is 0 Å². The van der Waals surface area contributed by atoms with Gasteiger partial charge in [-0.15, -0.1) is 0 Å². The van der Waals surface area contributed by atoms with Crippen LogP contribution in [0.25, 0.3) is 0 Å². The van der Waals surface area contributed by atoms with Gasteiger partial charge in [0.25, 0.3) is 0 Å². The number of nitrogens with zero attached hydrogens (tertiary/aromatic N) is 1. The molecule has 1 aromatic heterocycles. The van der Waals surface area contributed by atoms with E-state index < -0.39 is 0 Å². The van der Waals surface area contributed by atoms with E-state index in [2.05, 4.69) is 64.0 Å². The second kappa shape index (κ2) is 7.63. The van der Waals surface area contributed by atoms with E-state index in [1.54, 1.807) is 0 Å². The minimum Gasteiger partial charge on any atom is -0.478 e. The minimum atomic E-state index is 0.0401. The van der Waals surface area contributed by atoms with E-state index in [0.717, 1.165) is 37.7 Å². The van der Waals surface area contributed by atoms with Gasteiger partial charge in [0.2, 0.25) is 5.88 Å². The standard InChI is InChI=1S/C17H30N2O/c1-7-18-12-14-10-15(17(4,5)6)19-16(11-14)20-9-8-13(2)3/h10-11,13,18H,7-9,12H2,1-6H3. The van der Waals surface area contributed by atoms with Gasteiger partial charge in [0, 0.05) is 18.0 Å². The summed E-state index contributed by atoms with van der Waals surface area (Å²) >= 11 is 0. The molecule has 0 saturated heterocycles. The highest BCUT2D eigenvalue weighted by molar-refractivity contribution is 5.28. The second-order valence-corrected chi connectivity index (χ2v) is 6.76. The normalized spacial score (nSPS) is 11.9. The van der Waals surface area contributed by atoms with Crippen molar-refractivity contribution in [1.82, 2.24) is 10.3 Å². The fourth-order valence-electron chi connectivity index (χ4n) is 1.79. The summed E-state index contributed by atoms with van der Waals surface area (Å²) in [6.07, 6.45) is 1.06. The van der Waals surface area contributed by atoms with Gasteiger partial charge in [0.05, 0.1) is 12.3 Å². The Bertz CT molecular complexity index is 408. The lowest BCUT2D eigenvalue weighted by Crippen LogP contribution is -2.17. The number of aromatic nitrogens is 1. The molecule has 0 unspecified atom stereocenters. The predicted molar refractivity (Wildman–Crippen MR) is 85.3 cm³/mol. The van der Waals surface area contributed by atoms with E-state index in [4.69, 9.17) is 4.74 Å². The Morgan fingerprint density at radius 3 is 2.50 bits per heavy atom. The van der Waals surface area contributed by atoms with Crippen molar-refractivity contribution < 1.29 is 4.74 Å². The van der Waals surface area contributed by atoms with Crippen molar-refractivity contribution in [3.63, 3.8) is 0 Å². The third-order valence-corrected chi connectivity index (χ3v) is 3.15. The Kier molecular flexibility index (Phi) is 6.47. The fourth-order valence-corrected chi connectivity index (χ4v) is 1.79. The Balaban J connectivity index is 2.86. The predicted octanol–water partition coefficient (Wildman–Crippen LogP) is 3.91. The van der Waals surface area contributed by atoms with Gasteiger partial charge in [-0.1, -0.05) is 41.5 Å². The zero-order valence-electron chi connectivity index (χ0n) is 13.9. The summed E-state index contributed by atoms with van der Waals surface area (Å²) in [4.78, 5) is 4.66. The number of ether oxygens (including phenoxy) is 1. The van der Waals surface area contributed by atoms with Crippen LogP contribution in [-0.4, -0.2) is 18.1 Å². The zero-order valence-corrected chi connectivity index (χ0v) is 13.9. The lowest BCUT2D eigenvalue weighted by atomic mass is 9.91. The highest BCUT2D eigenvalue weighted by Gasteiger charge is 2.17. The molecule has 0 aromatic carbocycles. The molecule has 0 aliphatic carbocycles. The second-order valence-electron chi connectivity index (χ2n) is 6.76. The first-order valence-electron chi connectivity index (χ1n) is 7.68. The third kappa shape index (κ3) is 5.91. The van der Waals surface area contributed by atoms with Crippen LogP contribution in [0.15, 0.2) is 12.1 Å². The van der Waals surface area contributed by atoms with Crippen LogP contribution < -0.4 is 10.1 Å². The first kappa shape index (κ1) is 17.0. The van der Waals surface area contributed by atoms with Crippen LogP contribution in [0.5, 0.6) is 5.88 Å². The van der Waals surface area contributed by atoms with Gasteiger partial charge in [-0.3, -0.25) is 0 Å². The molecule has 0 aliphatic heterocycles. The summed E-state index contributed by atoms with van der Waals surface area (Å²) in [6, 6.07) is 4.23. The first-order chi connectivity index (χ1) is 9.32. The van der Waals surface area contributed by atoms with Gasteiger partial charge < -0.3 is 10.1 Å². The monoisotopic (exact) mass is 278 g/mol. The Labute approximate surface area is 124 Å². The summed E-state index contributed by atoms with van der Waals surface area (Å²) in [7, 11) is 0. The molecular formula is C17H30N2O. The largest absolute Gasteiger partial charge is 0.478 e.